The van der Waals surface area contributed by atoms with Gasteiger partial charge in [0.1, 0.15) is 5.54 Å². The molecule has 0 amide bonds. The van der Waals surface area contributed by atoms with Crippen molar-refractivity contribution < 1.29 is 8.42 Å². The molecule has 0 aromatic rings. The first-order valence-electron chi connectivity index (χ1n) is 7.24. The van der Waals surface area contributed by atoms with E-state index in [1.165, 1.54) is 0 Å². The van der Waals surface area contributed by atoms with Crippen LogP contribution in [0, 0.1) is 11.3 Å². The van der Waals surface area contributed by atoms with Crippen molar-refractivity contribution in [1.82, 2.24) is 10.2 Å². The summed E-state index contributed by atoms with van der Waals surface area (Å²) in [6, 6.07) is 2.79. The summed E-state index contributed by atoms with van der Waals surface area (Å²) in [5.41, 5.74) is -0.580. The second-order valence-corrected chi connectivity index (χ2v) is 8.73. The zero-order valence-corrected chi connectivity index (χ0v) is 14.0. The second-order valence-electron chi connectivity index (χ2n) is 6.50. The Morgan fingerprint density at radius 3 is 2.50 bits per heavy atom. The van der Waals surface area contributed by atoms with Crippen molar-refractivity contribution in [1.29, 1.82) is 5.26 Å². The Bertz CT molecular complexity index is 469. The summed E-state index contributed by atoms with van der Waals surface area (Å²) in [5, 5.41) is 12.7. The van der Waals surface area contributed by atoms with E-state index in [2.05, 4.69) is 23.2 Å². The van der Waals surface area contributed by atoms with Crippen LogP contribution in [0.15, 0.2) is 0 Å². The third-order valence-corrected chi connectivity index (χ3v) is 5.64. The van der Waals surface area contributed by atoms with E-state index in [-0.39, 0.29) is 29.6 Å². The standard InChI is InChI=1S/C14H27N3O2S/c1-11(2)16-14(5,10-15)8-12(3)17-6-7-20(18,19)9-13(17)4/h11-13,16H,6-9H2,1-5H3. The Labute approximate surface area is 123 Å². The summed E-state index contributed by atoms with van der Waals surface area (Å²) >= 11 is 0. The van der Waals surface area contributed by atoms with Gasteiger partial charge in [-0.2, -0.15) is 5.26 Å². The Morgan fingerprint density at radius 1 is 1.45 bits per heavy atom. The van der Waals surface area contributed by atoms with E-state index in [0.29, 0.717) is 13.0 Å². The van der Waals surface area contributed by atoms with Gasteiger partial charge >= 0.3 is 0 Å². The molecule has 1 fully saturated rings. The van der Waals surface area contributed by atoms with Gasteiger partial charge in [-0.05, 0) is 41.0 Å². The van der Waals surface area contributed by atoms with E-state index >= 15 is 0 Å². The first-order valence-corrected chi connectivity index (χ1v) is 9.06. The molecule has 1 rings (SSSR count). The van der Waals surface area contributed by atoms with E-state index in [1.807, 2.05) is 27.7 Å². The van der Waals surface area contributed by atoms with E-state index < -0.39 is 15.4 Å². The van der Waals surface area contributed by atoms with Crippen LogP contribution >= 0.6 is 0 Å². The molecule has 0 aromatic heterocycles. The summed E-state index contributed by atoms with van der Waals surface area (Å²) in [5.74, 6) is 0.445. The van der Waals surface area contributed by atoms with Crippen LogP contribution in [0.5, 0.6) is 0 Å². The molecular formula is C14H27N3O2S. The van der Waals surface area contributed by atoms with Gasteiger partial charge in [-0.3, -0.25) is 10.2 Å². The van der Waals surface area contributed by atoms with Gasteiger partial charge in [-0.1, -0.05) is 0 Å². The molecule has 0 radical (unpaired) electrons. The van der Waals surface area contributed by atoms with Gasteiger partial charge in [0.25, 0.3) is 0 Å². The Balaban J connectivity index is 2.71. The Hall–Kier alpha value is -0.640. The maximum atomic E-state index is 11.6. The molecule has 0 spiro atoms. The van der Waals surface area contributed by atoms with Crippen molar-refractivity contribution in [2.45, 2.75) is 64.7 Å². The fourth-order valence-electron chi connectivity index (χ4n) is 3.15. The van der Waals surface area contributed by atoms with Gasteiger partial charge in [-0.25, -0.2) is 8.42 Å². The highest BCUT2D eigenvalue weighted by Crippen LogP contribution is 2.21. The van der Waals surface area contributed by atoms with Crippen molar-refractivity contribution in [3.8, 4) is 6.07 Å². The first-order chi connectivity index (χ1) is 9.08. The molecule has 0 aliphatic carbocycles. The lowest BCUT2D eigenvalue weighted by atomic mass is 9.93. The highest BCUT2D eigenvalue weighted by Gasteiger charge is 2.35. The second kappa shape index (κ2) is 6.42. The SMILES string of the molecule is CC(C)NC(C)(C#N)CC(C)N1CCS(=O)(=O)CC1C. The molecule has 0 aromatic carbocycles. The zero-order chi connectivity index (χ0) is 15.6. The molecule has 116 valence electrons. The van der Waals surface area contributed by atoms with E-state index in [4.69, 9.17) is 0 Å². The lowest BCUT2D eigenvalue weighted by Crippen LogP contribution is -2.55. The zero-order valence-electron chi connectivity index (χ0n) is 13.2. The van der Waals surface area contributed by atoms with Gasteiger partial charge in [0, 0.05) is 24.7 Å². The minimum atomic E-state index is -2.89. The van der Waals surface area contributed by atoms with Gasteiger partial charge in [0.05, 0.1) is 17.6 Å². The highest BCUT2D eigenvalue weighted by molar-refractivity contribution is 7.91. The molecule has 3 unspecified atom stereocenters. The fraction of sp³-hybridized carbons (Fsp3) is 0.929. The van der Waals surface area contributed by atoms with E-state index in [0.717, 1.165) is 0 Å². The summed E-state index contributed by atoms with van der Waals surface area (Å²) in [7, 11) is -2.89. The molecule has 5 nitrogen and oxygen atoms in total. The highest BCUT2D eigenvalue weighted by atomic mass is 32.2. The van der Waals surface area contributed by atoms with Crippen molar-refractivity contribution >= 4 is 9.84 Å². The van der Waals surface area contributed by atoms with E-state index in [9.17, 15) is 13.7 Å². The minimum Gasteiger partial charge on any atom is -0.297 e. The largest absolute Gasteiger partial charge is 0.297 e. The quantitative estimate of drug-likeness (QED) is 0.825. The molecule has 1 heterocycles. The monoisotopic (exact) mass is 301 g/mol. The number of nitrogens with zero attached hydrogens (tertiary/aromatic N) is 2. The van der Waals surface area contributed by atoms with E-state index in [1.54, 1.807) is 0 Å². The molecule has 1 saturated heterocycles. The molecule has 1 aliphatic rings. The molecule has 1 aliphatic heterocycles. The predicted molar refractivity (Wildman–Crippen MR) is 81.2 cm³/mol. The Kier molecular flexibility index (Phi) is 5.59. The first kappa shape index (κ1) is 17.4. The molecule has 3 atom stereocenters. The van der Waals surface area contributed by atoms with Crippen molar-refractivity contribution in [2.75, 3.05) is 18.1 Å². The van der Waals surface area contributed by atoms with Crippen LogP contribution in [0.25, 0.3) is 0 Å². The summed E-state index contributed by atoms with van der Waals surface area (Å²) in [4.78, 5) is 2.21. The van der Waals surface area contributed by atoms with Crippen LogP contribution in [0.1, 0.15) is 41.0 Å². The normalized spacial score (nSPS) is 27.8. The average Bonchev–Trinajstić information content (AvgIpc) is 2.26. The van der Waals surface area contributed by atoms with Crippen LogP contribution in [0.3, 0.4) is 0 Å². The van der Waals surface area contributed by atoms with Gasteiger partial charge in [0.2, 0.25) is 0 Å². The molecule has 20 heavy (non-hydrogen) atoms. The summed E-state index contributed by atoms with van der Waals surface area (Å²) in [6.07, 6.45) is 0.687. The number of rotatable bonds is 5. The van der Waals surface area contributed by atoms with Crippen LogP contribution in [0.2, 0.25) is 0 Å². The van der Waals surface area contributed by atoms with Crippen LogP contribution in [0.4, 0.5) is 0 Å². The molecular weight excluding hydrogens is 274 g/mol. The van der Waals surface area contributed by atoms with Crippen LogP contribution < -0.4 is 5.32 Å². The van der Waals surface area contributed by atoms with Gasteiger partial charge in [-0.15, -0.1) is 0 Å². The average molecular weight is 301 g/mol. The minimum absolute atomic E-state index is 0.0192. The van der Waals surface area contributed by atoms with Crippen molar-refractivity contribution in [2.24, 2.45) is 0 Å². The molecule has 0 saturated carbocycles. The summed E-state index contributed by atoms with van der Waals surface area (Å²) < 4.78 is 23.2. The summed E-state index contributed by atoms with van der Waals surface area (Å²) in [6.45, 7) is 10.5. The maximum absolute atomic E-state index is 11.6. The molecule has 0 bridgehead atoms. The molecule has 6 heteroatoms. The number of nitrogens with one attached hydrogen (secondary N) is 1. The smallest absolute Gasteiger partial charge is 0.153 e. The lowest BCUT2D eigenvalue weighted by Gasteiger charge is -2.40. The lowest BCUT2D eigenvalue weighted by molar-refractivity contribution is 0.141. The predicted octanol–water partition coefficient (Wildman–Crippen LogP) is 1.16. The van der Waals surface area contributed by atoms with Crippen LogP contribution in [-0.4, -0.2) is 55.0 Å². The third kappa shape index (κ3) is 4.72. The third-order valence-electron chi connectivity index (χ3n) is 3.85. The number of hydrogen-bond acceptors (Lipinski definition) is 5. The fourth-order valence-corrected chi connectivity index (χ4v) is 4.73. The van der Waals surface area contributed by atoms with Gasteiger partial charge < -0.3 is 0 Å². The number of sulfone groups is 1. The Morgan fingerprint density at radius 2 is 2.05 bits per heavy atom. The topological polar surface area (TPSA) is 73.2 Å². The van der Waals surface area contributed by atoms with Crippen molar-refractivity contribution in [3.05, 3.63) is 0 Å². The van der Waals surface area contributed by atoms with Crippen molar-refractivity contribution in [3.63, 3.8) is 0 Å². The van der Waals surface area contributed by atoms with Crippen LogP contribution in [-0.2, 0) is 9.84 Å². The number of nitriles is 1. The number of hydrogen-bond donors (Lipinski definition) is 1. The molecule has 1 N–H and O–H groups in total. The van der Waals surface area contributed by atoms with Gasteiger partial charge in [0.15, 0.2) is 9.84 Å². The maximum Gasteiger partial charge on any atom is 0.153 e.